The number of rotatable bonds is 5. The predicted molar refractivity (Wildman–Crippen MR) is 81.7 cm³/mol. The third kappa shape index (κ3) is 3.70. The van der Waals surface area contributed by atoms with Crippen molar-refractivity contribution in [2.45, 2.75) is 20.4 Å². The minimum absolute atomic E-state index is 0.294. The van der Waals surface area contributed by atoms with Crippen molar-refractivity contribution in [2.75, 3.05) is 11.9 Å². The van der Waals surface area contributed by atoms with Gasteiger partial charge in [0.2, 0.25) is 0 Å². The van der Waals surface area contributed by atoms with Crippen molar-refractivity contribution < 1.29 is 9.13 Å². The summed E-state index contributed by atoms with van der Waals surface area (Å²) < 4.78 is 19.9. The molecule has 1 aromatic carbocycles. The number of halogens is 2. The summed E-state index contributed by atoms with van der Waals surface area (Å²) in [5.74, 6) is -0.0434. The number of anilines is 1. The summed E-state index contributed by atoms with van der Waals surface area (Å²) in [5, 5.41) is 3.21. The first-order valence-corrected chi connectivity index (χ1v) is 7.62. The molecule has 0 aliphatic rings. The van der Waals surface area contributed by atoms with Gasteiger partial charge in [0.15, 0.2) is 11.6 Å². The summed E-state index contributed by atoms with van der Waals surface area (Å²) in [4.78, 5) is 2.45. The zero-order chi connectivity index (χ0) is 13.8. The van der Waals surface area contributed by atoms with Crippen molar-refractivity contribution >= 4 is 33.0 Å². The summed E-state index contributed by atoms with van der Waals surface area (Å²) in [6.07, 6.45) is 0. The molecule has 1 aromatic heterocycles. The van der Waals surface area contributed by atoms with E-state index in [2.05, 4.69) is 34.2 Å². The zero-order valence-corrected chi connectivity index (χ0v) is 13.2. The molecule has 5 heteroatoms. The van der Waals surface area contributed by atoms with E-state index in [4.69, 9.17) is 4.74 Å². The van der Waals surface area contributed by atoms with Crippen LogP contribution in [0.25, 0.3) is 0 Å². The summed E-state index contributed by atoms with van der Waals surface area (Å²) in [6, 6.07) is 7.01. The van der Waals surface area contributed by atoms with Gasteiger partial charge in [-0.2, -0.15) is 0 Å². The van der Waals surface area contributed by atoms with Gasteiger partial charge >= 0.3 is 0 Å². The Balaban J connectivity index is 2.01. The second-order valence-corrected chi connectivity index (χ2v) is 6.24. The highest BCUT2D eigenvalue weighted by Gasteiger charge is 2.06. The van der Waals surface area contributed by atoms with Gasteiger partial charge in [0.25, 0.3) is 0 Å². The third-order valence-electron chi connectivity index (χ3n) is 2.61. The lowest BCUT2D eigenvalue weighted by Crippen LogP contribution is -1.99. The molecule has 19 heavy (non-hydrogen) atoms. The molecule has 0 fully saturated rings. The van der Waals surface area contributed by atoms with Gasteiger partial charge in [0.1, 0.15) is 0 Å². The van der Waals surface area contributed by atoms with Crippen LogP contribution in [0, 0.1) is 12.7 Å². The molecule has 0 saturated heterocycles. The lowest BCUT2D eigenvalue weighted by Gasteiger charge is -2.08. The van der Waals surface area contributed by atoms with Crippen LogP contribution < -0.4 is 10.1 Å². The molecule has 1 heterocycles. The van der Waals surface area contributed by atoms with Crippen molar-refractivity contribution in [1.29, 1.82) is 0 Å². The van der Waals surface area contributed by atoms with E-state index in [1.165, 1.54) is 15.8 Å². The molecule has 0 atom stereocenters. The van der Waals surface area contributed by atoms with E-state index in [1.807, 2.05) is 13.0 Å². The average Bonchev–Trinajstić information content (AvgIpc) is 2.70. The van der Waals surface area contributed by atoms with Crippen molar-refractivity contribution in [1.82, 2.24) is 0 Å². The Bertz CT molecular complexity index is 551. The molecule has 0 unspecified atom stereocenters. The molecule has 0 aliphatic heterocycles. The topological polar surface area (TPSA) is 21.3 Å². The lowest BCUT2D eigenvalue weighted by molar-refractivity contribution is 0.321. The van der Waals surface area contributed by atoms with Crippen LogP contribution >= 0.6 is 27.3 Å². The first-order chi connectivity index (χ1) is 9.10. The molecule has 1 N–H and O–H groups in total. The number of thiophene rings is 1. The van der Waals surface area contributed by atoms with E-state index in [1.54, 1.807) is 17.4 Å². The molecule has 0 aliphatic carbocycles. The minimum Gasteiger partial charge on any atom is -0.491 e. The monoisotopic (exact) mass is 343 g/mol. The smallest absolute Gasteiger partial charge is 0.167 e. The lowest BCUT2D eigenvalue weighted by atomic mass is 10.3. The Morgan fingerprint density at radius 1 is 1.37 bits per heavy atom. The van der Waals surface area contributed by atoms with Crippen LogP contribution in [0.3, 0.4) is 0 Å². The highest BCUT2D eigenvalue weighted by molar-refractivity contribution is 9.10. The number of benzene rings is 1. The predicted octanol–water partition coefficient (Wildman–Crippen LogP) is 4.97. The maximum atomic E-state index is 13.7. The fourth-order valence-corrected chi connectivity index (χ4v) is 3.22. The molecular formula is C14H15BrFNOS. The quantitative estimate of drug-likeness (QED) is 0.827. The maximum Gasteiger partial charge on any atom is 0.167 e. The molecule has 0 amide bonds. The molecule has 2 nitrogen and oxygen atoms in total. The van der Waals surface area contributed by atoms with Gasteiger partial charge in [0, 0.05) is 32.5 Å². The van der Waals surface area contributed by atoms with Gasteiger partial charge in [-0.05, 0) is 48.0 Å². The Hall–Kier alpha value is -1.07. The molecule has 102 valence electrons. The average molecular weight is 344 g/mol. The summed E-state index contributed by atoms with van der Waals surface area (Å²) in [7, 11) is 0. The second-order valence-electron chi connectivity index (χ2n) is 4.05. The molecule has 2 aromatic rings. The van der Waals surface area contributed by atoms with Gasteiger partial charge in [-0.3, -0.25) is 0 Å². The fourth-order valence-electron chi connectivity index (χ4n) is 1.68. The Kier molecular flexibility index (Phi) is 4.82. The van der Waals surface area contributed by atoms with Crippen LogP contribution in [0.4, 0.5) is 10.1 Å². The van der Waals surface area contributed by atoms with E-state index in [-0.39, 0.29) is 5.82 Å². The normalized spacial score (nSPS) is 10.5. The molecule has 0 spiro atoms. The van der Waals surface area contributed by atoms with Crippen LogP contribution in [0.5, 0.6) is 5.75 Å². The number of ether oxygens (including phenoxy) is 1. The first kappa shape index (κ1) is 14.3. The van der Waals surface area contributed by atoms with Gasteiger partial charge in [-0.15, -0.1) is 11.3 Å². The number of hydrogen-bond acceptors (Lipinski definition) is 3. The number of nitrogens with one attached hydrogen (secondary N) is 1. The largest absolute Gasteiger partial charge is 0.491 e. The number of aryl methyl sites for hydroxylation is 1. The molecule has 0 radical (unpaired) electrons. The summed E-state index contributed by atoms with van der Waals surface area (Å²) in [5.41, 5.74) is 0.753. The standard InChI is InChI=1S/C14H15BrFNOS/c1-3-18-14-5-4-10(6-13(14)16)17-8-11-7-12(15)9(2)19-11/h4-7,17H,3,8H2,1-2H3. The van der Waals surface area contributed by atoms with Gasteiger partial charge in [-0.1, -0.05) is 0 Å². The van der Waals surface area contributed by atoms with Crippen molar-refractivity contribution in [2.24, 2.45) is 0 Å². The van der Waals surface area contributed by atoms with Crippen LogP contribution in [0.15, 0.2) is 28.7 Å². The summed E-state index contributed by atoms with van der Waals surface area (Å²) >= 11 is 5.21. The molecular weight excluding hydrogens is 329 g/mol. The first-order valence-electron chi connectivity index (χ1n) is 6.01. The second kappa shape index (κ2) is 6.39. The van der Waals surface area contributed by atoms with E-state index in [0.717, 1.165) is 10.2 Å². The van der Waals surface area contributed by atoms with Crippen LogP contribution in [-0.4, -0.2) is 6.61 Å². The Morgan fingerprint density at radius 3 is 2.74 bits per heavy atom. The van der Waals surface area contributed by atoms with E-state index in [9.17, 15) is 4.39 Å². The Morgan fingerprint density at radius 2 is 2.16 bits per heavy atom. The summed E-state index contributed by atoms with van der Waals surface area (Å²) in [6.45, 7) is 5.05. The van der Waals surface area contributed by atoms with Crippen molar-refractivity contribution in [3.05, 3.63) is 44.3 Å². The van der Waals surface area contributed by atoms with Crippen LogP contribution in [0.2, 0.25) is 0 Å². The Labute approximate surface area is 124 Å². The van der Waals surface area contributed by atoms with E-state index >= 15 is 0 Å². The van der Waals surface area contributed by atoms with Crippen molar-refractivity contribution in [3.8, 4) is 5.75 Å². The SMILES string of the molecule is CCOc1ccc(NCc2cc(Br)c(C)s2)cc1F. The van der Waals surface area contributed by atoms with Gasteiger partial charge < -0.3 is 10.1 Å². The third-order valence-corrected chi connectivity index (χ3v) is 4.74. The van der Waals surface area contributed by atoms with Gasteiger partial charge in [-0.25, -0.2) is 4.39 Å². The molecule has 0 saturated carbocycles. The molecule has 0 bridgehead atoms. The zero-order valence-electron chi connectivity index (χ0n) is 10.8. The maximum absolute atomic E-state index is 13.7. The highest BCUT2D eigenvalue weighted by Crippen LogP contribution is 2.27. The van der Waals surface area contributed by atoms with Crippen LogP contribution in [0.1, 0.15) is 16.7 Å². The van der Waals surface area contributed by atoms with E-state index < -0.39 is 0 Å². The fraction of sp³-hybridized carbons (Fsp3) is 0.286. The van der Waals surface area contributed by atoms with Gasteiger partial charge in [0.05, 0.1) is 6.61 Å². The van der Waals surface area contributed by atoms with Crippen LogP contribution in [-0.2, 0) is 6.54 Å². The van der Waals surface area contributed by atoms with Crippen molar-refractivity contribution in [3.63, 3.8) is 0 Å². The number of hydrogen-bond donors (Lipinski definition) is 1. The van der Waals surface area contributed by atoms with E-state index in [0.29, 0.717) is 18.9 Å². The highest BCUT2D eigenvalue weighted by atomic mass is 79.9. The minimum atomic E-state index is -0.338. The molecule has 2 rings (SSSR count).